The van der Waals surface area contributed by atoms with Crippen LogP contribution < -0.4 is 20.3 Å². The predicted molar refractivity (Wildman–Crippen MR) is 125 cm³/mol. The number of rotatable bonds is 4. The zero-order valence-corrected chi connectivity index (χ0v) is 18.9. The molecule has 6 rings (SSSR count). The third-order valence-electron chi connectivity index (χ3n) is 6.48. The summed E-state index contributed by atoms with van der Waals surface area (Å²) in [5.41, 5.74) is 1.78. The van der Waals surface area contributed by atoms with Crippen molar-refractivity contribution in [3.8, 4) is 11.8 Å². The van der Waals surface area contributed by atoms with Crippen molar-refractivity contribution in [2.45, 2.75) is 19.4 Å². The maximum absolute atomic E-state index is 14.7. The number of nitrogens with one attached hydrogen (secondary N) is 3. The first-order valence-electron chi connectivity index (χ1n) is 10.9. The first kappa shape index (κ1) is 20.4. The second kappa shape index (κ2) is 7.67. The highest BCUT2D eigenvalue weighted by Crippen LogP contribution is 2.42. The van der Waals surface area contributed by atoms with Crippen LogP contribution in [0.4, 0.5) is 15.9 Å². The van der Waals surface area contributed by atoms with E-state index in [0.717, 1.165) is 26.1 Å². The van der Waals surface area contributed by atoms with Crippen molar-refractivity contribution in [1.82, 2.24) is 30.2 Å². The molecule has 0 radical (unpaired) electrons. The van der Waals surface area contributed by atoms with Crippen LogP contribution in [0, 0.1) is 18.7 Å². The number of halogens is 2. The molecule has 2 saturated heterocycles. The molecule has 9 nitrogen and oxygen atoms in total. The van der Waals surface area contributed by atoms with Gasteiger partial charge in [0.2, 0.25) is 0 Å². The molecule has 5 heterocycles. The molecule has 1 aromatic carbocycles. The maximum atomic E-state index is 14.7. The number of hydrogen-bond donors (Lipinski definition) is 3. The van der Waals surface area contributed by atoms with E-state index in [1.165, 1.54) is 6.07 Å². The SMILES string of the molecule is CNc1cc(F)c(Cl)c2c1[nH]c1nc(Oc3cnc(C)nc3)nc(N3C[C@H]4CCN[C@H]4C3)c12. The van der Waals surface area contributed by atoms with Gasteiger partial charge in [0, 0.05) is 37.6 Å². The Hall–Kier alpha value is -3.24. The maximum Gasteiger partial charge on any atom is 0.326 e. The molecule has 0 amide bonds. The average molecular weight is 469 g/mol. The largest absolute Gasteiger partial charge is 0.421 e. The number of aromatic nitrogens is 5. The minimum atomic E-state index is -0.502. The summed E-state index contributed by atoms with van der Waals surface area (Å²) in [6.07, 6.45) is 4.28. The smallest absolute Gasteiger partial charge is 0.326 e. The topological polar surface area (TPSA) is 104 Å². The number of hydrogen-bond acceptors (Lipinski definition) is 8. The lowest BCUT2D eigenvalue weighted by Gasteiger charge is -2.20. The van der Waals surface area contributed by atoms with Gasteiger partial charge in [-0.05, 0) is 25.8 Å². The Balaban J connectivity index is 1.56. The zero-order chi connectivity index (χ0) is 22.7. The first-order valence-corrected chi connectivity index (χ1v) is 11.2. The molecule has 11 heteroatoms. The van der Waals surface area contributed by atoms with Gasteiger partial charge in [0.05, 0.1) is 34.0 Å². The lowest BCUT2D eigenvalue weighted by Crippen LogP contribution is -2.30. The van der Waals surface area contributed by atoms with Gasteiger partial charge in [-0.1, -0.05) is 11.6 Å². The van der Waals surface area contributed by atoms with E-state index in [1.54, 1.807) is 26.4 Å². The van der Waals surface area contributed by atoms with Crippen LogP contribution in [0.1, 0.15) is 12.2 Å². The Bertz CT molecular complexity index is 1360. The average Bonchev–Trinajstić information content (AvgIpc) is 3.50. The van der Waals surface area contributed by atoms with E-state index in [9.17, 15) is 4.39 Å². The van der Waals surface area contributed by atoms with Gasteiger partial charge < -0.3 is 25.3 Å². The summed E-state index contributed by atoms with van der Waals surface area (Å²) in [7, 11) is 1.74. The van der Waals surface area contributed by atoms with Gasteiger partial charge in [0.1, 0.15) is 23.1 Å². The van der Waals surface area contributed by atoms with Crippen LogP contribution >= 0.6 is 11.6 Å². The standard InChI is InChI=1S/C22H22ClFN8O/c1-10-27-6-12(7-28-10)33-22-30-20-17(16-18(23)13(24)5-14(25-2)19(16)29-20)21(31-22)32-8-11-3-4-26-15(11)9-32/h5-7,11,15,25-26H,3-4,8-9H2,1-2H3,(H,29,30,31)/t11-,15+/m1/s1. The van der Waals surface area contributed by atoms with E-state index < -0.39 is 5.82 Å². The summed E-state index contributed by atoms with van der Waals surface area (Å²) in [6.45, 7) is 4.47. The van der Waals surface area contributed by atoms with Crippen molar-refractivity contribution < 1.29 is 9.13 Å². The highest BCUT2D eigenvalue weighted by molar-refractivity contribution is 6.39. The van der Waals surface area contributed by atoms with Gasteiger partial charge in [0.25, 0.3) is 0 Å². The van der Waals surface area contributed by atoms with Crippen LogP contribution in [-0.2, 0) is 0 Å². The van der Waals surface area contributed by atoms with Gasteiger partial charge in [-0.15, -0.1) is 0 Å². The molecule has 33 heavy (non-hydrogen) atoms. The molecule has 170 valence electrons. The summed E-state index contributed by atoms with van der Waals surface area (Å²) < 4.78 is 20.6. The summed E-state index contributed by atoms with van der Waals surface area (Å²) in [5, 5.41) is 7.87. The van der Waals surface area contributed by atoms with Crippen LogP contribution in [0.5, 0.6) is 11.8 Å². The summed E-state index contributed by atoms with van der Waals surface area (Å²) in [6, 6.07) is 1.93. The van der Waals surface area contributed by atoms with Gasteiger partial charge in [-0.25, -0.2) is 14.4 Å². The second-order valence-corrected chi connectivity index (χ2v) is 8.86. The van der Waals surface area contributed by atoms with Crippen LogP contribution in [0.25, 0.3) is 21.9 Å². The van der Waals surface area contributed by atoms with E-state index >= 15 is 0 Å². The molecule has 0 saturated carbocycles. The molecule has 0 spiro atoms. The number of ether oxygens (including phenoxy) is 1. The Morgan fingerprint density at radius 3 is 2.79 bits per heavy atom. The third-order valence-corrected chi connectivity index (χ3v) is 6.85. The van der Waals surface area contributed by atoms with E-state index in [0.29, 0.717) is 57.0 Å². The monoisotopic (exact) mass is 468 g/mol. The minimum absolute atomic E-state index is 0.0400. The molecule has 2 atom stereocenters. The van der Waals surface area contributed by atoms with E-state index in [1.807, 2.05) is 0 Å². The number of fused-ring (bicyclic) bond motifs is 4. The van der Waals surface area contributed by atoms with E-state index in [-0.39, 0.29) is 11.0 Å². The second-order valence-electron chi connectivity index (χ2n) is 8.48. The third kappa shape index (κ3) is 3.32. The van der Waals surface area contributed by atoms with E-state index in [2.05, 4.69) is 35.5 Å². The molecule has 0 bridgehead atoms. The Kier molecular flexibility index (Phi) is 4.73. The van der Waals surface area contributed by atoms with Crippen molar-refractivity contribution in [2.75, 3.05) is 36.9 Å². The molecule has 0 unspecified atom stereocenters. The fourth-order valence-electron chi connectivity index (χ4n) is 4.89. The molecular weight excluding hydrogens is 447 g/mol. The number of H-pyrrole nitrogens is 1. The Labute approximate surface area is 193 Å². The first-order chi connectivity index (χ1) is 16.0. The van der Waals surface area contributed by atoms with Gasteiger partial charge in [-0.3, -0.25) is 0 Å². The number of aryl methyl sites for hydroxylation is 1. The van der Waals surface area contributed by atoms with Crippen molar-refractivity contribution in [1.29, 1.82) is 0 Å². The summed E-state index contributed by atoms with van der Waals surface area (Å²) in [4.78, 5) is 23.2. The molecule has 3 aromatic heterocycles. The van der Waals surface area contributed by atoms with Gasteiger partial charge >= 0.3 is 6.01 Å². The number of nitrogens with zero attached hydrogens (tertiary/aromatic N) is 5. The molecule has 2 aliphatic heterocycles. The lowest BCUT2D eigenvalue weighted by atomic mass is 10.1. The lowest BCUT2D eigenvalue weighted by molar-refractivity contribution is 0.439. The predicted octanol–water partition coefficient (Wildman–Crippen LogP) is 3.63. The molecular formula is C22H22ClFN8O. The quantitative estimate of drug-likeness (QED) is 0.417. The fourth-order valence-corrected chi connectivity index (χ4v) is 5.13. The van der Waals surface area contributed by atoms with E-state index in [4.69, 9.17) is 21.3 Å². The fraction of sp³-hybridized carbons (Fsp3) is 0.364. The van der Waals surface area contributed by atoms with Gasteiger partial charge in [0.15, 0.2) is 5.75 Å². The minimum Gasteiger partial charge on any atom is -0.421 e. The highest BCUT2D eigenvalue weighted by Gasteiger charge is 2.38. The molecule has 3 N–H and O–H groups in total. The molecule has 2 aliphatic rings. The van der Waals surface area contributed by atoms with Crippen molar-refractivity contribution in [3.05, 3.63) is 35.1 Å². The van der Waals surface area contributed by atoms with Crippen molar-refractivity contribution in [3.63, 3.8) is 0 Å². The summed E-state index contributed by atoms with van der Waals surface area (Å²) in [5.74, 6) is 1.78. The van der Waals surface area contributed by atoms with Crippen LogP contribution in [0.2, 0.25) is 5.02 Å². The van der Waals surface area contributed by atoms with Crippen LogP contribution in [-0.4, -0.2) is 57.6 Å². The number of anilines is 2. The van der Waals surface area contributed by atoms with Crippen LogP contribution in [0.3, 0.4) is 0 Å². The Morgan fingerprint density at radius 1 is 1.21 bits per heavy atom. The van der Waals surface area contributed by atoms with Crippen LogP contribution in [0.15, 0.2) is 18.5 Å². The molecule has 2 fully saturated rings. The zero-order valence-electron chi connectivity index (χ0n) is 18.1. The molecule has 0 aliphatic carbocycles. The highest BCUT2D eigenvalue weighted by atomic mass is 35.5. The number of benzene rings is 1. The van der Waals surface area contributed by atoms with Gasteiger partial charge in [-0.2, -0.15) is 9.97 Å². The summed E-state index contributed by atoms with van der Waals surface area (Å²) >= 11 is 6.48. The number of aromatic amines is 1. The Morgan fingerprint density at radius 2 is 2.03 bits per heavy atom. The van der Waals surface area contributed by atoms with Crippen molar-refractivity contribution in [2.24, 2.45) is 5.92 Å². The van der Waals surface area contributed by atoms with Crippen molar-refractivity contribution >= 4 is 45.0 Å². The normalized spacial score (nSPS) is 20.1. The molecule has 4 aromatic rings.